The van der Waals surface area contributed by atoms with Gasteiger partial charge in [-0.25, -0.2) is 0 Å². The Kier molecular flexibility index (Phi) is 4.77. The van der Waals surface area contributed by atoms with Gasteiger partial charge in [0.05, 0.1) is 6.07 Å². The van der Waals surface area contributed by atoms with Gasteiger partial charge in [0.25, 0.3) is 0 Å². The SMILES string of the molecule is CC(C)(CCC#N)CNC1CCSC1. The van der Waals surface area contributed by atoms with E-state index in [1.54, 1.807) is 0 Å². The van der Waals surface area contributed by atoms with E-state index >= 15 is 0 Å². The molecule has 0 spiro atoms. The number of nitrogens with zero attached hydrogens (tertiary/aromatic N) is 1. The average molecular weight is 212 g/mol. The minimum absolute atomic E-state index is 0.267. The maximum atomic E-state index is 8.54. The Labute approximate surface area is 91.4 Å². The van der Waals surface area contributed by atoms with Crippen LogP contribution in [0.25, 0.3) is 0 Å². The Morgan fingerprint density at radius 3 is 2.93 bits per heavy atom. The van der Waals surface area contributed by atoms with Crippen molar-refractivity contribution in [3.05, 3.63) is 0 Å². The summed E-state index contributed by atoms with van der Waals surface area (Å²) in [7, 11) is 0. The molecule has 1 atom stereocenters. The van der Waals surface area contributed by atoms with Gasteiger partial charge >= 0.3 is 0 Å². The summed E-state index contributed by atoms with van der Waals surface area (Å²) in [6, 6.07) is 2.93. The number of rotatable bonds is 5. The molecule has 0 aromatic carbocycles. The summed E-state index contributed by atoms with van der Waals surface area (Å²) < 4.78 is 0. The predicted octanol–water partition coefficient (Wildman–Crippen LogP) is 2.41. The van der Waals surface area contributed by atoms with Gasteiger partial charge in [0.15, 0.2) is 0 Å². The fourth-order valence-electron chi connectivity index (χ4n) is 1.60. The lowest BCUT2D eigenvalue weighted by molar-refractivity contribution is 0.304. The third-order valence-corrected chi connectivity index (χ3v) is 3.88. The normalized spacial score (nSPS) is 22.2. The smallest absolute Gasteiger partial charge is 0.0621 e. The zero-order valence-corrected chi connectivity index (χ0v) is 9.99. The van der Waals surface area contributed by atoms with Crippen molar-refractivity contribution in [2.75, 3.05) is 18.1 Å². The first kappa shape index (κ1) is 11.9. The van der Waals surface area contributed by atoms with E-state index in [1.165, 1.54) is 17.9 Å². The summed E-state index contributed by atoms with van der Waals surface area (Å²) in [5, 5.41) is 12.1. The molecule has 1 aliphatic rings. The topological polar surface area (TPSA) is 35.8 Å². The lowest BCUT2D eigenvalue weighted by Crippen LogP contribution is -2.37. The molecule has 0 aliphatic carbocycles. The van der Waals surface area contributed by atoms with E-state index in [-0.39, 0.29) is 5.41 Å². The van der Waals surface area contributed by atoms with Crippen LogP contribution in [0.1, 0.15) is 33.1 Å². The van der Waals surface area contributed by atoms with Crippen molar-refractivity contribution in [2.45, 2.75) is 39.2 Å². The molecule has 0 bridgehead atoms. The molecule has 1 N–H and O–H groups in total. The molecule has 0 aromatic rings. The Morgan fingerprint density at radius 1 is 1.57 bits per heavy atom. The van der Waals surface area contributed by atoms with Crippen molar-refractivity contribution in [1.82, 2.24) is 5.32 Å². The number of nitriles is 1. The highest BCUT2D eigenvalue weighted by molar-refractivity contribution is 7.99. The van der Waals surface area contributed by atoms with Crippen LogP contribution < -0.4 is 5.32 Å². The zero-order chi connectivity index (χ0) is 10.4. The van der Waals surface area contributed by atoms with Crippen molar-refractivity contribution >= 4 is 11.8 Å². The van der Waals surface area contributed by atoms with E-state index in [9.17, 15) is 0 Å². The summed E-state index contributed by atoms with van der Waals surface area (Å²) in [5.41, 5.74) is 0.267. The van der Waals surface area contributed by atoms with Gasteiger partial charge < -0.3 is 5.32 Å². The maximum Gasteiger partial charge on any atom is 0.0621 e. The lowest BCUT2D eigenvalue weighted by Gasteiger charge is -2.25. The molecule has 1 saturated heterocycles. The summed E-state index contributed by atoms with van der Waals surface area (Å²) in [5.74, 6) is 2.56. The van der Waals surface area contributed by atoms with Gasteiger partial charge in [-0.2, -0.15) is 17.0 Å². The molecule has 1 unspecified atom stereocenters. The minimum Gasteiger partial charge on any atom is -0.313 e. The maximum absolute atomic E-state index is 8.54. The molecule has 14 heavy (non-hydrogen) atoms. The Morgan fingerprint density at radius 2 is 2.36 bits per heavy atom. The van der Waals surface area contributed by atoms with Crippen LogP contribution in [0.5, 0.6) is 0 Å². The monoisotopic (exact) mass is 212 g/mol. The van der Waals surface area contributed by atoms with Crippen LogP contribution >= 0.6 is 11.8 Å². The highest BCUT2D eigenvalue weighted by atomic mass is 32.2. The minimum atomic E-state index is 0.267. The van der Waals surface area contributed by atoms with Crippen molar-refractivity contribution in [3.8, 4) is 6.07 Å². The molecule has 1 aliphatic heterocycles. The molecule has 3 heteroatoms. The largest absolute Gasteiger partial charge is 0.313 e. The van der Waals surface area contributed by atoms with Crippen LogP contribution in [0.15, 0.2) is 0 Å². The number of nitrogens with one attached hydrogen (secondary N) is 1. The van der Waals surface area contributed by atoms with E-state index in [4.69, 9.17) is 5.26 Å². The summed E-state index contributed by atoms with van der Waals surface area (Å²) in [6.07, 6.45) is 2.98. The van der Waals surface area contributed by atoms with Crippen LogP contribution in [-0.2, 0) is 0 Å². The van der Waals surface area contributed by atoms with E-state index < -0.39 is 0 Å². The molecular weight excluding hydrogens is 192 g/mol. The average Bonchev–Trinajstić information content (AvgIpc) is 2.64. The Bertz CT molecular complexity index is 202. The first-order chi connectivity index (χ1) is 6.64. The standard InChI is InChI=1S/C11H20N2S/c1-11(2,5-3-6-12)9-13-10-4-7-14-8-10/h10,13H,3-5,7-9H2,1-2H3. The summed E-state index contributed by atoms with van der Waals surface area (Å²) in [6.45, 7) is 5.51. The van der Waals surface area contributed by atoms with E-state index in [1.807, 2.05) is 11.8 Å². The molecule has 1 heterocycles. The fourth-order valence-corrected chi connectivity index (χ4v) is 2.79. The van der Waals surface area contributed by atoms with Crippen LogP contribution in [0.3, 0.4) is 0 Å². The summed E-state index contributed by atoms with van der Waals surface area (Å²) >= 11 is 2.04. The molecule has 0 amide bonds. The Hall–Kier alpha value is -0.200. The quantitative estimate of drug-likeness (QED) is 0.760. The van der Waals surface area contributed by atoms with Gasteiger partial charge in [-0.1, -0.05) is 13.8 Å². The number of thioether (sulfide) groups is 1. The van der Waals surface area contributed by atoms with Crippen LogP contribution in [-0.4, -0.2) is 24.1 Å². The van der Waals surface area contributed by atoms with Gasteiger partial charge in [-0.15, -0.1) is 0 Å². The zero-order valence-electron chi connectivity index (χ0n) is 9.18. The molecule has 0 radical (unpaired) electrons. The van der Waals surface area contributed by atoms with E-state index in [2.05, 4.69) is 25.2 Å². The third kappa shape index (κ3) is 4.34. The van der Waals surface area contributed by atoms with Crippen molar-refractivity contribution in [1.29, 1.82) is 5.26 Å². The fraction of sp³-hybridized carbons (Fsp3) is 0.909. The molecule has 0 saturated carbocycles. The molecule has 1 fully saturated rings. The Balaban J connectivity index is 2.17. The second-order valence-corrected chi connectivity index (χ2v) is 5.91. The first-order valence-corrected chi connectivity index (χ1v) is 6.48. The van der Waals surface area contributed by atoms with Crippen molar-refractivity contribution in [2.24, 2.45) is 5.41 Å². The molecule has 2 nitrogen and oxygen atoms in total. The van der Waals surface area contributed by atoms with E-state index in [0.717, 1.165) is 13.0 Å². The van der Waals surface area contributed by atoms with Gasteiger partial charge in [-0.3, -0.25) is 0 Å². The highest BCUT2D eigenvalue weighted by Gasteiger charge is 2.21. The van der Waals surface area contributed by atoms with Crippen molar-refractivity contribution < 1.29 is 0 Å². The highest BCUT2D eigenvalue weighted by Crippen LogP contribution is 2.23. The van der Waals surface area contributed by atoms with Crippen LogP contribution in [0.2, 0.25) is 0 Å². The lowest BCUT2D eigenvalue weighted by atomic mass is 9.88. The van der Waals surface area contributed by atoms with Crippen LogP contribution in [0.4, 0.5) is 0 Å². The van der Waals surface area contributed by atoms with Gasteiger partial charge in [0.1, 0.15) is 0 Å². The number of hydrogen-bond donors (Lipinski definition) is 1. The second kappa shape index (κ2) is 5.63. The van der Waals surface area contributed by atoms with Crippen LogP contribution in [0, 0.1) is 16.7 Å². The van der Waals surface area contributed by atoms with E-state index in [0.29, 0.717) is 12.5 Å². The predicted molar refractivity (Wildman–Crippen MR) is 62.4 cm³/mol. The summed E-state index contributed by atoms with van der Waals surface area (Å²) in [4.78, 5) is 0. The third-order valence-electron chi connectivity index (χ3n) is 2.71. The molecule has 0 aromatic heterocycles. The van der Waals surface area contributed by atoms with Gasteiger partial charge in [0, 0.05) is 24.8 Å². The van der Waals surface area contributed by atoms with Gasteiger partial charge in [0.2, 0.25) is 0 Å². The number of hydrogen-bond acceptors (Lipinski definition) is 3. The molecular formula is C11H20N2S. The first-order valence-electron chi connectivity index (χ1n) is 5.32. The molecule has 80 valence electrons. The van der Waals surface area contributed by atoms with Crippen molar-refractivity contribution in [3.63, 3.8) is 0 Å². The second-order valence-electron chi connectivity index (χ2n) is 4.76. The van der Waals surface area contributed by atoms with Gasteiger partial charge in [-0.05, 0) is 24.0 Å². The molecule has 1 rings (SSSR count).